The van der Waals surface area contributed by atoms with Gasteiger partial charge in [0, 0.05) is 10.5 Å². The van der Waals surface area contributed by atoms with Gasteiger partial charge < -0.3 is 0 Å². The van der Waals surface area contributed by atoms with E-state index in [-0.39, 0.29) is 0 Å². The smallest absolute Gasteiger partial charge is 0.00416 e. The molecular weight excluding hydrogens is 244 g/mol. The predicted molar refractivity (Wildman–Crippen MR) is 87.5 cm³/mol. The van der Waals surface area contributed by atoms with Crippen LogP contribution in [0.5, 0.6) is 0 Å². The van der Waals surface area contributed by atoms with Crippen LogP contribution in [0.2, 0.25) is 0 Å². The fourth-order valence-electron chi connectivity index (χ4n) is 2.25. The first-order valence-electron chi connectivity index (χ1n) is 7.34. The quantitative estimate of drug-likeness (QED) is 0.401. The molecule has 0 aliphatic carbocycles. The van der Waals surface area contributed by atoms with Crippen LogP contribution in [0, 0.1) is 0 Å². The van der Waals surface area contributed by atoms with Crippen LogP contribution in [0.25, 0.3) is 0 Å². The van der Waals surface area contributed by atoms with Crippen molar-refractivity contribution in [2.24, 2.45) is 0 Å². The van der Waals surface area contributed by atoms with E-state index in [0.717, 1.165) is 10.5 Å². The van der Waals surface area contributed by atoms with Crippen molar-refractivity contribution in [1.82, 2.24) is 0 Å². The van der Waals surface area contributed by atoms with Gasteiger partial charge in [0.2, 0.25) is 0 Å². The summed E-state index contributed by atoms with van der Waals surface area (Å²) in [5.74, 6) is 0. The monoisotopic (exact) mass is 276 g/mol. The molecule has 0 bridgehead atoms. The molecule has 0 amide bonds. The van der Waals surface area contributed by atoms with Crippen molar-refractivity contribution in [3.05, 3.63) is 0 Å². The molecule has 0 aromatic carbocycles. The molecule has 2 atom stereocenters. The lowest BCUT2D eigenvalue weighted by atomic mass is 10.1. The van der Waals surface area contributed by atoms with Gasteiger partial charge in [-0.25, -0.2) is 0 Å². The second-order valence-corrected chi connectivity index (χ2v) is 7.15. The summed E-state index contributed by atoms with van der Waals surface area (Å²) >= 11 is 4.09. The van der Waals surface area contributed by atoms with Crippen molar-refractivity contribution in [3.8, 4) is 0 Å². The lowest BCUT2D eigenvalue weighted by molar-refractivity contribution is 0.562. The van der Waals surface area contributed by atoms with Crippen LogP contribution in [-0.2, 0) is 0 Å². The molecule has 0 radical (unpaired) electrons. The Morgan fingerprint density at radius 3 is 1.29 bits per heavy atom. The van der Waals surface area contributed by atoms with E-state index in [1.54, 1.807) is 0 Å². The van der Waals surface area contributed by atoms with E-state index >= 15 is 0 Å². The molecule has 0 N–H and O–H groups in total. The van der Waals surface area contributed by atoms with E-state index in [2.05, 4.69) is 26.4 Å². The summed E-state index contributed by atoms with van der Waals surface area (Å²) in [4.78, 5) is 0. The number of unbranched alkanes of at least 4 members (excludes halogenated alkanes) is 4. The molecule has 2 heteroatoms. The Bertz CT molecular complexity index is 124. The van der Waals surface area contributed by atoms with Crippen molar-refractivity contribution in [2.75, 3.05) is 12.5 Å². The Morgan fingerprint density at radius 2 is 1.00 bits per heavy atom. The summed E-state index contributed by atoms with van der Waals surface area (Å²) in [5, 5.41) is 1.83. The van der Waals surface area contributed by atoms with E-state index in [4.69, 9.17) is 0 Å². The second-order valence-electron chi connectivity index (χ2n) is 4.88. The molecule has 0 aromatic rings. The van der Waals surface area contributed by atoms with E-state index in [0.29, 0.717) is 0 Å². The third kappa shape index (κ3) is 10.3. The number of hydrogen-bond donors (Lipinski definition) is 0. The van der Waals surface area contributed by atoms with Gasteiger partial charge in [0.25, 0.3) is 0 Å². The molecule has 0 saturated carbocycles. The molecule has 0 fully saturated rings. The van der Waals surface area contributed by atoms with Crippen molar-refractivity contribution >= 4 is 23.5 Å². The highest BCUT2D eigenvalue weighted by Gasteiger charge is 2.04. The highest BCUT2D eigenvalue weighted by atomic mass is 32.2. The minimum absolute atomic E-state index is 0.913. The standard InChI is InChI=1S/C15H32S2/c1-5-14(16-3)12-10-8-7-9-11-13-15(6-2)17-4/h14-15H,5-13H2,1-4H3. The fraction of sp³-hybridized carbons (Fsp3) is 1.00. The Labute approximate surface area is 118 Å². The maximum atomic E-state index is 2.31. The summed E-state index contributed by atoms with van der Waals surface area (Å²) in [6.07, 6.45) is 17.3. The number of rotatable bonds is 12. The third-order valence-corrected chi connectivity index (χ3v) is 6.10. The van der Waals surface area contributed by atoms with Gasteiger partial charge in [-0.3, -0.25) is 0 Å². The summed E-state index contributed by atoms with van der Waals surface area (Å²) in [6, 6.07) is 0. The molecule has 0 aliphatic rings. The van der Waals surface area contributed by atoms with Gasteiger partial charge in [-0.2, -0.15) is 23.5 Å². The van der Waals surface area contributed by atoms with Gasteiger partial charge in [-0.1, -0.05) is 46.0 Å². The third-order valence-electron chi connectivity index (χ3n) is 3.63. The lowest BCUT2D eigenvalue weighted by Crippen LogP contribution is -2.00. The Kier molecular flexibility index (Phi) is 13.7. The molecule has 0 spiro atoms. The molecule has 17 heavy (non-hydrogen) atoms. The first kappa shape index (κ1) is 17.7. The zero-order valence-electron chi connectivity index (χ0n) is 12.3. The lowest BCUT2D eigenvalue weighted by Gasteiger charge is -2.12. The zero-order chi connectivity index (χ0) is 12.9. The largest absolute Gasteiger partial charge is 0.162 e. The van der Waals surface area contributed by atoms with Crippen LogP contribution in [0.1, 0.15) is 71.6 Å². The van der Waals surface area contributed by atoms with E-state index in [9.17, 15) is 0 Å². The summed E-state index contributed by atoms with van der Waals surface area (Å²) < 4.78 is 0. The molecule has 0 aliphatic heterocycles. The van der Waals surface area contributed by atoms with E-state index in [1.165, 1.54) is 57.8 Å². The van der Waals surface area contributed by atoms with Gasteiger partial charge in [0.1, 0.15) is 0 Å². The van der Waals surface area contributed by atoms with Gasteiger partial charge in [-0.05, 0) is 38.2 Å². The van der Waals surface area contributed by atoms with Crippen molar-refractivity contribution in [3.63, 3.8) is 0 Å². The predicted octanol–water partition coefficient (Wildman–Crippen LogP) is 6.00. The van der Waals surface area contributed by atoms with Gasteiger partial charge >= 0.3 is 0 Å². The van der Waals surface area contributed by atoms with E-state index in [1.807, 2.05) is 23.5 Å². The minimum atomic E-state index is 0.913. The SMILES string of the molecule is CCC(CCCCCCCC(CC)SC)SC. The second kappa shape index (κ2) is 13.1. The first-order chi connectivity index (χ1) is 8.28. The minimum Gasteiger partial charge on any atom is -0.162 e. The summed E-state index contributed by atoms with van der Waals surface area (Å²) in [7, 11) is 0. The molecule has 104 valence electrons. The number of thioether (sulfide) groups is 2. The molecule has 0 saturated heterocycles. The van der Waals surface area contributed by atoms with Crippen LogP contribution in [0.4, 0.5) is 0 Å². The Balaban J connectivity index is 3.23. The Hall–Kier alpha value is 0.700. The van der Waals surface area contributed by atoms with Gasteiger partial charge in [-0.15, -0.1) is 0 Å². The highest BCUT2D eigenvalue weighted by Crippen LogP contribution is 2.20. The molecule has 0 nitrogen and oxygen atoms in total. The Morgan fingerprint density at radius 1 is 0.647 bits per heavy atom. The first-order valence-corrected chi connectivity index (χ1v) is 9.91. The van der Waals surface area contributed by atoms with Gasteiger partial charge in [0.05, 0.1) is 0 Å². The van der Waals surface area contributed by atoms with Gasteiger partial charge in [0.15, 0.2) is 0 Å². The van der Waals surface area contributed by atoms with Crippen molar-refractivity contribution in [2.45, 2.75) is 82.1 Å². The number of hydrogen-bond acceptors (Lipinski definition) is 2. The van der Waals surface area contributed by atoms with Crippen LogP contribution >= 0.6 is 23.5 Å². The average molecular weight is 277 g/mol. The molecule has 0 rings (SSSR count). The molecular formula is C15H32S2. The van der Waals surface area contributed by atoms with Crippen molar-refractivity contribution in [1.29, 1.82) is 0 Å². The highest BCUT2D eigenvalue weighted by molar-refractivity contribution is 7.99. The van der Waals surface area contributed by atoms with Crippen LogP contribution < -0.4 is 0 Å². The molecule has 0 heterocycles. The maximum Gasteiger partial charge on any atom is 0.00416 e. The van der Waals surface area contributed by atoms with Crippen LogP contribution in [0.3, 0.4) is 0 Å². The average Bonchev–Trinajstić information content (AvgIpc) is 2.37. The molecule has 2 unspecified atom stereocenters. The van der Waals surface area contributed by atoms with Crippen LogP contribution in [0.15, 0.2) is 0 Å². The molecule has 0 aromatic heterocycles. The fourth-order valence-corrected chi connectivity index (χ4v) is 3.72. The van der Waals surface area contributed by atoms with E-state index < -0.39 is 0 Å². The maximum absolute atomic E-state index is 2.31. The summed E-state index contributed by atoms with van der Waals surface area (Å²) in [5.41, 5.74) is 0. The normalized spacial score (nSPS) is 14.8. The zero-order valence-corrected chi connectivity index (χ0v) is 14.0. The van der Waals surface area contributed by atoms with Crippen molar-refractivity contribution < 1.29 is 0 Å². The van der Waals surface area contributed by atoms with Crippen LogP contribution in [-0.4, -0.2) is 23.0 Å². The summed E-state index contributed by atoms with van der Waals surface area (Å²) in [6.45, 7) is 4.63. The topological polar surface area (TPSA) is 0 Å².